The van der Waals surface area contributed by atoms with E-state index in [2.05, 4.69) is 35.3 Å². The Hall–Kier alpha value is -4.30. The number of aromatic nitrogens is 4. The number of hydrogen-bond donors (Lipinski definition) is 0. The Morgan fingerprint density at radius 1 is 1.17 bits per heavy atom. The molecule has 0 N–H and O–H groups in total. The lowest BCUT2D eigenvalue weighted by Gasteiger charge is -2.40. The molecule has 1 aliphatic heterocycles. The summed E-state index contributed by atoms with van der Waals surface area (Å²) < 4.78 is 1.58. The Morgan fingerprint density at radius 3 is 2.64 bits per heavy atom. The van der Waals surface area contributed by atoms with Gasteiger partial charge in [0.15, 0.2) is 5.65 Å². The Morgan fingerprint density at radius 2 is 1.95 bits per heavy atom. The number of fused-ring (bicyclic) bond motifs is 1. The number of anilines is 1. The molecule has 42 heavy (non-hydrogen) atoms. The molecule has 1 fully saturated rings. The summed E-state index contributed by atoms with van der Waals surface area (Å²) in [6.07, 6.45) is 7.09. The van der Waals surface area contributed by atoms with Crippen LogP contribution in [0.15, 0.2) is 66.1 Å². The van der Waals surface area contributed by atoms with E-state index in [1.165, 1.54) is 6.08 Å². The minimum absolute atomic E-state index is 0.0568. The summed E-state index contributed by atoms with van der Waals surface area (Å²) in [5.41, 5.74) is 4.79. The van der Waals surface area contributed by atoms with Gasteiger partial charge in [0.1, 0.15) is 5.82 Å². The van der Waals surface area contributed by atoms with E-state index in [-0.39, 0.29) is 17.9 Å². The van der Waals surface area contributed by atoms with Crippen LogP contribution >= 0.6 is 11.6 Å². The monoisotopic (exact) mass is 582 g/mol. The van der Waals surface area contributed by atoms with Gasteiger partial charge in [0, 0.05) is 37.4 Å². The fourth-order valence-electron chi connectivity index (χ4n) is 5.60. The van der Waals surface area contributed by atoms with E-state index in [1.54, 1.807) is 15.7 Å². The highest BCUT2D eigenvalue weighted by Gasteiger charge is 2.30. The maximum Gasteiger partial charge on any atom is 0.355 e. The van der Waals surface area contributed by atoms with E-state index in [9.17, 15) is 9.59 Å². The summed E-state index contributed by atoms with van der Waals surface area (Å²) in [6.45, 7) is 15.1. The molecule has 1 atom stereocenters. The molecule has 1 aliphatic rings. The molecule has 4 heterocycles. The average Bonchev–Trinajstić information content (AvgIpc) is 2.97. The van der Waals surface area contributed by atoms with Gasteiger partial charge in [-0.15, -0.1) is 0 Å². The smallest absolute Gasteiger partial charge is 0.350 e. The molecule has 1 saturated heterocycles. The summed E-state index contributed by atoms with van der Waals surface area (Å²) >= 11 is 6.96. The summed E-state index contributed by atoms with van der Waals surface area (Å²) in [7, 11) is 0. The first-order valence-electron chi connectivity index (χ1n) is 14.1. The van der Waals surface area contributed by atoms with Crippen LogP contribution in [0, 0.1) is 6.92 Å². The van der Waals surface area contributed by atoms with Gasteiger partial charge in [-0.3, -0.25) is 9.78 Å². The Kier molecular flexibility index (Phi) is 8.27. The minimum Gasteiger partial charge on any atom is -0.350 e. The molecule has 5 rings (SSSR count). The number of piperazine rings is 1. The summed E-state index contributed by atoms with van der Waals surface area (Å²) in [6, 6.07) is 11.6. The lowest BCUT2D eigenvalue weighted by molar-refractivity contribution is -0.126. The number of pyridine rings is 2. The predicted molar refractivity (Wildman–Crippen MR) is 170 cm³/mol. The summed E-state index contributed by atoms with van der Waals surface area (Å²) in [4.78, 5) is 44.6. The van der Waals surface area contributed by atoms with E-state index < -0.39 is 5.69 Å². The number of halogens is 1. The first-order valence-corrected chi connectivity index (χ1v) is 14.5. The molecule has 0 spiro atoms. The van der Waals surface area contributed by atoms with Gasteiger partial charge in [0.05, 0.1) is 27.5 Å². The van der Waals surface area contributed by atoms with Gasteiger partial charge in [-0.25, -0.2) is 14.3 Å². The van der Waals surface area contributed by atoms with E-state index in [0.29, 0.717) is 52.9 Å². The highest BCUT2D eigenvalue weighted by Crippen LogP contribution is 2.35. The number of benzene rings is 1. The molecule has 0 aliphatic carbocycles. The third-order valence-corrected chi connectivity index (χ3v) is 7.92. The third kappa shape index (κ3) is 5.34. The standard InChI is InChI=1S/C33H35ClN6O2/c1-7-10-23-11-9-12-24(17-23)29-26(34)18-25-31(39-16-15-38(19-22(39)6)27(41)8-2)37-33(42)40(32(25)36-29)30-21(5)13-14-35-28(30)20(3)4/h7-14,17-18,20,22H,2,15-16,19H2,1,3-6H3/t22-/m0/s1. The van der Waals surface area contributed by atoms with E-state index in [4.69, 9.17) is 16.6 Å². The fraction of sp³-hybridized carbons (Fsp3) is 0.303. The van der Waals surface area contributed by atoms with Crippen molar-refractivity contribution in [2.75, 3.05) is 24.5 Å². The van der Waals surface area contributed by atoms with Crippen LogP contribution in [0.2, 0.25) is 5.02 Å². The highest BCUT2D eigenvalue weighted by molar-refractivity contribution is 6.33. The molecule has 8 nitrogen and oxygen atoms in total. The first-order chi connectivity index (χ1) is 20.1. The van der Waals surface area contributed by atoms with Crippen molar-refractivity contribution in [3.8, 4) is 16.9 Å². The molecule has 4 aromatic rings. The lowest BCUT2D eigenvalue weighted by atomic mass is 10.0. The van der Waals surface area contributed by atoms with Gasteiger partial charge in [-0.2, -0.15) is 4.98 Å². The number of nitrogens with zero attached hydrogens (tertiary/aromatic N) is 6. The zero-order chi connectivity index (χ0) is 30.1. The van der Waals surface area contributed by atoms with Gasteiger partial charge in [-0.05, 0) is 62.1 Å². The summed E-state index contributed by atoms with van der Waals surface area (Å²) in [5.74, 6) is 0.444. The average molecular weight is 583 g/mol. The largest absolute Gasteiger partial charge is 0.355 e. The predicted octanol–water partition coefficient (Wildman–Crippen LogP) is 6.18. The molecule has 216 valence electrons. The van der Waals surface area contributed by atoms with Crippen molar-refractivity contribution in [2.45, 2.75) is 46.6 Å². The van der Waals surface area contributed by atoms with Gasteiger partial charge < -0.3 is 9.80 Å². The number of allylic oxidation sites excluding steroid dienone is 1. The maximum atomic E-state index is 14.1. The van der Waals surface area contributed by atoms with Crippen LogP contribution in [0.4, 0.5) is 5.82 Å². The zero-order valence-corrected chi connectivity index (χ0v) is 25.4. The van der Waals surface area contributed by atoms with Crippen molar-refractivity contribution in [3.05, 3.63) is 93.7 Å². The van der Waals surface area contributed by atoms with Crippen molar-refractivity contribution in [2.24, 2.45) is 0 Å². The normalized spacial score (nSPS) is 15.6. The molecular weight excluding hydrogens is 548 g/mol. The quantitative estimate of drug-likeness (QED) is 0.252. The van der Waals surface area contributed by atoms with Crippen LogP contribution in [-0.4, -0.2) is 56.0 Å². The minimum atomic E-state index is -0.448. The number of carbonyl (C=O) groups excluding carboxylic acids is 1. The number of amides is 1. The SMILES string of the molecule is C=CC(=O)N1CCN(c2nc(=O)n(-c3c(C)ccnc3C(C)C)c3nc(-c4cccc(C=CC)c4)c(Cl)cc23)[C@@H](C)C1. The lowest BCUT2D eigenvalue weighted by Crippen LogP contribution is -2.54. The van der Waals surface area contributed by atoms with E-state index >= 15 is 0 Å². The Labute approximate surface area is 251 Å². The number of rotatable bonds is 6. The molecule has 3 aromatic heterocycles. The molecule has 0 unspecified atom stereocenters. The topological polar surface area (TPSA) is 84.2 Å². The molecule has 1 amide bonds. The molecule has 0 radical (unpaired) electrons. The highest BCUT2D eigenvalue weighted by atomic mass is 35.5. The fourth-order valence-corrected chi connectivity index (χ4v) is 5.86. The van der Waals surface area contributed by atoms with E-state index in [1.807, 2.05) is 69.3 Å². The van der Waals surface area contributed by atoms with Gasteiger partial charge in [-0.1, -0.05) is 62.4 Å². The van der Waals surface area contributed by atoms with Gasteiger partial charge in [0.25, 0.3) is 0 Å². The molecule has 9 heteroatoms. The second kappa shape index (κ2) is 11.9. The number of hydrogen-bond acceptors (Lipinski definition) is 6. The molecule has 1 aromatic carbocycles. The van der Waals surface area contributed by atoms with Crippen molar-refractivity contribution in [3.63, 3.8) is 0 Å². The molecule has 0 bridgehead atoms. The Balaban J connectivity index is 1.80. The maximum absolute atomic E-state index is 14.1. The van der Waals surface area contributed by atoms with Crippen molar-refractivity contribution >= 4 is 40.4 Å². The van der Waals surface area contributed by atoms with E-state index in [0.717, 1.165) is 22.4 Å². The third-order valence-electron chi connectivity index (χ3n) is 7.63. The number of carbonyl (C=O) groups is 1. The van der Waals surface area contributed by atoms with Crippen molar-refractivity contribution < 1.29 is 4.79 Å². The van der Waals surface area contributed by atoms with Crippen molar-refractivity contribution in [1.82, 2.24) is 24.4 Å². The zero-order valence-electron chi connectivity index (χ0n) is 24.6. The van der Waals surface area contributed by atoms with Crippen LogP contribution in [0.5, 0.6) is 0 Å². The second-order valence-electron chi connectivity index (χ2n) is 10.9. The van der Waals surface area contributed by atoms with Crippen LogP contribution < -0.4 is 10.6 Å². The van der Waals surface area contributed by atoms with Crippen LogP contribution in [-0.2, 0) is 4.79 Å². The van der Waals surface area contributed by atoms with Crippen LogP contribution in [0.3, 0.4) is 0 Å². The van der Waals surface area contributed by atoms with Crippen LogP contribution in [0.1, 0.15) is 50.4 Å². The first kappa shape index (κ1) is 29.2. The van der Waals surface area contributed by atoms with Crippen molar-refractivity contribution in [1.29, 1.82) is 0 Å². The van der Waals surface area contributed by atoms with Gasteiger partial charge >= 0.3 is 5.69 Å². The molecular formula is C33H35ClN6O2. The second-order valence-corrected chi connectivity index (χ2v) is 11.3. The summed E-state index contributed by atoms with van der Waals surface area (Å²) in [5, 5.41) is 1.11. The Bertz CT molecular complexity index is 1780. The molecule has 0 saturated carbocycles. The number of aryl methyl sites for hydroxylation is 1. The van der Waals surface area contributed by atoms with Gasteiger partial charge in [0.2, 0.25) is 5.91 Å². The van der Waals surface area contributed by atoms with Crippen LogP contribution in [0.25, 0.3) is 34.1 Å².